The van der Waals surface area contributed by atoms with Crippen LogP contribution in [0.1, 0.15) is 5.56 Å². The maximum atomic E-state index is 12.6. The Morgan fingerprint density at radius 2 is 1.75 bits per heavy atom. The molecular formula is C19H11ClF3N5. The Hall–Kier alpha value is -3.26. The number of pyridine rings is 2. The van der Waals surface area contributed by atoms with Crippen molar-refractivity contribution >= 4 is 34.1 Å². The Bertz CT molecular complexity index is 1150. The Balaban J connectivity index is 1.63. The first-order valence-corrected chi connectivity index (χ1v) is 8.45. The smallest absolute Gasteiger partial charge is 0.325 e. The zero-order valence-corrected chi connectivity index (χ0v) is 14.8. The summed E-state index contributed by atoms with van der Waals surface area (Å²) in [6.07, 6.45) is -0.653. The molecule has 0 fully saturated rings. The zero-order valence-electron chi connectivity index (χ0n) is 14.1. The van der Waals surface area contributed by atoms with Crippen LogP contribution in [-0.4, -0.2) is 19.9 Å². The molecule has 28 heavy (non-hydrogen) atoms. The van der Waals surface area contributed by atoms with E-state index in [1.54, 1.807) is 24.4 Å². The van der Waals surface area contributed by atoms with Crippen molar-refractivity contribution in [3.05, 3.63) is 71.8 Å². The summed E-state index contributed by atoms with van der Waals surface area (Å²) in [6, 6.07) is 11.1. The monoisotopic (exact) mass is 401 g/mol. The highest BCUT2D eigenvalue weighted by Gasteiger charge is 2.30. The lowest BCUT2D eigenvalue weighted by Gasteiger charge is -2.09. The van der Waals surface area contributed by atoms with E-state index < -0.39 is 11.7 Å². The topological polar surface area (TPSA) is 63.6 Å². The second-order valence-corrected chi connectivity index (χ2v) is 6.28. The predicted octanol–water partition coefficient (Wildman–Crippen LogP) is 5.50. The van der Waals surface area contributed by atoms with Crippen molar-refractivity contribution < 1.29 is 13.2 Å². The van der Waals surface area contributed by atoms with Crippen molar-refractivity contribution in [2.45, 2.75) is 6.18 Å². The maximum Gasteiger partial charge on any atom is 0.417 e. The number of aromatic nitrogens is 4. The third kappa shape index (κ3) is 3.72. The van der Waals surface area contributed by atoms with E-state index in [1.165, 1.54) is 12.4 Å². The molecule has 0 radical (unpaired) electrons. The number of nitrogens with zero attached hydrogens (tertiary/aromatic N) is 4. The number of hydrogen-bond acceptors (Lipinski definition) is 5. The van der Waals surface area contributed by atoms with Crippen molar-refractivity contribution in [3.8, 4) is 11.3 Å². The van der Waals surface area contributed by atoms with Gasteiger partial charge in [-0.25, -0.2) is 15.0 Å². The lowest BCUT2D eigenvalue weighted by molar-refractivity contribution is -0.137. The molecule has 0 spiro atoms. The minimum absolute atomic E-state index is 0.232. The van der Waals surface area contributed by atoms with Gasteiger partial charge in [0.05, 0.1) is 21.8 Å². The van der Waals surface area contributed by atoms with E-state index in [9.17, 15) is 13.2 Å². The molecule has 1 aromatic carbocycles. The highest BCUT2D eigenvalue weighted by atomic mass is 35.5. The van der Waals surface area contributed by atoms with E-state index in [2.05, 4.69) is 25.3 Å². The van der Waals surface area contributed by atoms with Gasteiger partial charge in [0.15, 0.2) is 0 Å². The fourth-order valence-electron chi connectivity index (χ4n) is 2.64. The predicted molar refractivity (Wildman–Crippen MR) is 100 cm³/mol. The molecule has 5 nitrogen and oxygen atoms in total. The highest BCUT2D eigenvalue weighted by molar-refractivity contribution is 6.35. The van der Waals surface area contributed by atoms with Crippen LogP contribution in [0.3, 0.4) is 0 Å². The molecule has 0 atom stereocenters. The minimum Gasteiger partial charge on any atom is -0.325 e. The third-order valence-corrected chi connectivity index (χ3v) is 4.29. The molecule has 1 N–H and O–H groups in total. The summed E-state index contributed by atoms with van der Waals surface area (Å²) in [5.74, 6) is 0.616. The highest BCUT2D eigenvalue weighted by Crippen LogP contribution is 2.31. The summed E-state index contributed by atoms with van der Waals surface area (Å²) in [5, 5.41) is 4.23. The van der Waals surface area contributed by atoms with Crippen molar-refractivity contribution in [2.75, 3.05) is 5.32 Å². The van der Waals surface area contributed by atoms with E-state index in [1.807, 2.05) is 12.1 Å². The second kappa shape index (κ2) is 7.05. The van der Waals surface area contributed by atoms with Crippen LogP contribution in [0.25, 0.3) is 22.2 Å². The SMILES string of the molecule is FC(F)(F)c1ccc(Nc2cc(-c3cc(Cl)c4cccnc4c3)ncn2)nc1. The molecule has 0 aliphatic heterocycles. The molecule has 0 aliphatic carbocycles. The van der Waals surface area contributed by atoms with Crippen molar-refractivity contribution in [1.29, 1.82) is 0 Å². The minimum atomic E-state index is -4.43. The number of alkyl halides is 3. The van der Waals surface area contributed by atoms with Crippen LogP contribution >= 0.6 is 11.6 Å². The van der Waals surface area contributed by atoms with Gasteiger partial charge in [-0.2, -0.15) is 13.2 Å². The van der Waals surface area contributed by atoms with Crippen LogP contribution in [-0.2, 0) is 6.18 Å². The molecular weight excluding hydrogens is 391 g/mol. The fraction of sp³-hybridized carbons (Fsp3) is 0.0526. The number of nitrogens with one attached hydrogen (secondary N) is 1. The Kier molecular flexibility index (Phi) is 4.56. The van der Waals surface area contributed by atoms with Crippen LogP contribution in [0.5, 0.6) is 0 Å². The number of benzene rings is 1. The number of hydrogen-bond donors (Lipinski definition) is 1. The van der Waals surface area contributed by atoms with Gasteiger partial charge in [-0.3, -0.25) is 4.98 Å². The van der Waals surface area contributed by atoms with Crippen molar-refractivity contribution in [1.82, 2.24) is 19.9 Å². The first kappa shape index (κ1) is 18.1. The molecule has 0 bridgehead atoms. The van der Waals surface area contributed by atoms with Gasteiger partial charge >= 0.3 is 6.18 Å². The molecule has 0 amide bonds. The average Bonchev–Trinajstić information content (AvgIpc) is 2.68. The average molecular weight is 402 g/mol. The quantitative estimate of drug-likeness (QED) is 0.491. The Morgan fingerprint density at radius 3 is 2.50 bits per heavy atom. The molecule has 3 heterocycles. The first-order valence-electron chi connectivity index (χ1n) is 8.07. The van der Waals surface area contributed by atoms with Crippen LogP contribution in [0.4, 0.5) is 24.8 Å². The van der Waals surface area contributed by atoms with Gasteiger partial charge < -0.3 is 5.32 Å². The third-order valence-electron chi connectivity index (χ3n) is 3.98. The van der Waals surface area contributed by atoms with E-state index in [0.717, 1.165) is 28.7 Å². The van der Waals surface area contributed by atoms with Crippen molar-refractivity contribution in [2.24, 2.45) is 0 Å². The summed E-state index contributed by atoms with van der Waals surface area (Å²) in [4.78, 5) is 16.4. The summed E-state index contributed by atoms with van der Waals surface area (Å²) in [7, 11) is 0. The van der Waals surface area contributed by atoms with E-state index in [4.69, 9.17) is 11.6 Å². The standard InChI is InChI=1S/C19H11ClF3N5/c20-14-6-11(7-16-13(14)2-1-5-24-16)15-8-18(27-10-26-15)28-17-4-3-12(9-25-17)19(21,22)23/h1-10H,(H,25,26,27,28). The molecule has 140 valence electrons. The van der Waals surface area contributed by atoms with Crippen LogP contribution < -0.4 is 5.32 Å². The van der Waals surface area contributed by atoms with Gasteiger partial charge in [0.25, 0.3) is 0 Å². The zero-order chi connectivity index (χ0) is 19.7. The molecule has 0 saturated heterocycles. The first-order chi connectivity index (χ1) is 13.4. The van der Waals surface area contributed by atoms with Gasteiger partial charge in [0.1, 0.15) is 18.0 Å². The van der Waals surface area contributed by atoms with Gasteiger partial charge in [0, 0.05) is 29.4 Å². The largest absolute Gasteiger partial charge is 0.417 e. The Labute approximate surface area is 162 Å². The molecule has 4 aromatic rings. The summed E-state index contributed by atoms with van der Waals surface area (Å²) in [6.45, 7) is 0. The van der Waals surface area contributed by atoms with Crippen molar-refractivity contribution in [3.63, 3.8) is 0 Å². The van der Waals surface area contributed by atoms with Gasteiger partial charge in [-0.05, 0) is 36.4 Å². The molecule has 0 aliphatic rings. The van der Waals surface area contributed by atoms with Gasteiger partial charge in [-0.1, -0.05) is 11.6 Å². The molecule has 9 heteroatoms. The van der Waals surface area contributed by atoms with E-state index >= 15 is 0 Å². The van der Waals surface area contributed by atoms with Gasteiger partial charge in [0.2, 0.25) is 0 Å². The molecule has 3 aromatic heterocycles. The van der Waals surface area contributed by atoms with E-state index in [-0.39, 0.29) is 5.82 Å². The van der Waals surface area contributed by atoms with E-state index in [0.29, 0.717) is 16.5 Å². The summed E-state index contributed by atoms with van der Waals surface area (Å²) in [5.41, 5.74) is 1.23. The number of rotatable bonds is 3. The maximum absolute atomic E-state index is 12.6. The second-order valence-electron chi connectivity index (χ2n) is 5.87. The van der Waals surface area contributed by atoms with Crippen LogP contribution in [0.2, 0.25) is 5.02 Å². The lowest BCUT2D eigenvalue weighted by Crippen LogP contribution is -2.06. The Morgan fingerprint density at radius 1 is 0.893 bits per heavy atom. The lowest BCUT2D eigenvalue weighted by atomic mass is 10.1. The molecule has 4 rings (SSSR count). The van der Waals surface area contributed by atoms with Gasteiger partial charge in [-0.15, -0.1) is 0 Å². The summed E-state index contributed by atoms with van der Waals surface area (Å²) < 4.78 is 37.9. The fourth-order valence-corrected chi connectivity index (χ4v) is 2.91. The molecule has 0 saturated carbocycles. The normalized spacial score (nSPS) is 11.6. The summed E-state index contributed by atoms with van der Waals surface area (Å²) >= 11 is 6.33. The van der Waals surface area contributed by atoms with Crippen LogP contribution in [0, 0.1) is 0 Å². The molecule has 0 unspecified atom stereocenters. The number of fused-ring (bicyclic) bond motifs is 1. The van der Waals surface area contributed by atoms with Crippen LogP contribution in [0.15, 0.2) is 61.2 Å². The number of anilines is 2. The number of halogens is 4.